The fraction of sp³-hybridized carbons (Fsp3) is 0.462. The number of nitro groups is 1. The van der Waals surface area contributed by atoms with Crippen molar-refractivity contribution in [3.8, 4) is 0 Å². The Morgan fingerprint density at radius 3 is 2.79 bits per heavy atom. The highest BCUT2D eigenvalue weighted by molar-refractivity contribution is 5.96. The van der Waals surface area contributed by atoms with Gasteiger partial charge in [0, 0.05) is 37.4 Å². The second kappa shape index (κ2) is 5.79. The number of anilines is 1. The van der Waals surface area contributed by atoms with E-state index in [1.807, 2.05) is 0 Å². The van der Waals surface area contributed by atoms with Crippen LogP contribution in [-0.2, 0) is 11.2 Å². The van der Waals surface area contributed by atoms with E-state index in [0.29, 0.717) is 25.8 Å². The molecule has 1 aromatic carbocycles. The number of aliphatic hydroxyl groups is 1. The first-order valence-corrected chi connectivity index (χ1v) is 6.32. The van der Waals surface area contributed by atoms with Crippen molar-refractivity contribution < 1.29 is 14.8 Å². The molecule has 6 nitrogen and oxygen atoms in total. The lowest BCUT2D eigenvalue weighted by atomic mass is 10.00. The van der Waals surface area contributed by atoms with Crippen LogP contribution in [0, 0.1) is 10.1 Å². The maximum atomic E-state index is 11.9. The zero-order valence-electron chi connectivity index (χ0n) is 10.5. The summed E-state index contributed by atoms with van der Waals surface area (Å²) >= 11 is 0. The number of non-ortho nitro benzene ring substituents is 1. The number of hydrogen-bond donors (Lipinski definition) is 1. The highest BCUT2D eigenvalue weighted by Gasteiger charge is 2.25. The Bertz CT molecular complexity index is 501. The van der Waals surface area contributed by atoms with Crippen LogP contribution in [-0.4, -0.2) is 29.1 Å². The van der Waals surface area contributed by atoms with Crippen LogP contribution in [0.3, 0.4) is 0 Å². The molecule has 1 aliphatic rings. The van der Waals surface area contributed by atoms with E-state index in [0.717, 1.165) is 17.7 Å². The van der Waals surface area contributed by atoms with Crippen molar-refractivity contribution in [3.05, 3.63) is 33.9 Å². The molecule has 0 aromatic heterocycles. The molecule has 0 spiro atoms. The van der Waals surface area contributed by atoms with Gasteiger partial charge in [0.1, 0.15) is 0 Å². The fourth-order valence-corrected chi connectivity index (χ4v) is 2.29. The van der Waals surface area contributed by atoms with Gasteiger partial charge in [-0.25, -0.2) is 0 Å². The van der Waals surface area contributed by atoms with Gasteiger partial charge < -0.3 is 10.0 Å². The number of nitrogens with zero attached hydrogens (tertiary/aromatic N) is 2. The maximum absolute atomic E-state index is 11.9. The maximum Gasteiger partial charge on any atom is 0.269 e. The second-order valence-electron chi connectivity index (χ2n) is 4.55. The van der Waals surface area contributed by atoms with E-state index in [1.54, 1.807) is 17.0 Å². The van der Waals surface area contributed by atoms with Gasteiger partial charge in [0.2, 0.25) is 5.91 Å². The lowest BCUT2D eigenvalue weighted by Gasteiger charge is -2.29. The molecule has 0 saturated heterocycles. The summed E-state index contributed by atoms with van der Waals surface area (Å²) in [6, 6.07) is 4.61. The standard InChI is InChI=1S/C13H16N2O4/c16-8-2-1-7-14-12-5-4-11(15(18)19)9-10(12)3-6-13(14)17/h4-5,9,16H,1-3,6-8H2. The second-order valence-corrected chi connectivity index (χ2v) is 4.55. The van der Waals surface area contributed by atoms with Gasteiger partial charge in [-0.1, -0.05) is 0 Å². The molecule has 1 aliphatic heterocycles. The smallest absolute Gasteiger partial charge is 0.269 e. The molecule has 0 unspecified atom stereocenters. The molecule has 0 bridgehead atoms. The van der Waals surface area contributed by atoms with Gasteiger partial charge in [-0.3, -0.25) is 14.9 Å². The minimum absolute atomic E-state index is 0.0410. The van der Waals surface area contributed by atoms with E-state index >= 15 is 0 Å². The van der Waals surface area contributed by atoms with Crippen molar-refractivity contribution in [2.24, 2.45) is 0 Å². The van der Waals surface area contributed by atoms with E-state index in [9.17, 15) is 14.9 Å². The van der Waals surface area contributed by atoms with Gasteiger partial charge in [-0.05, 0) is 30.9 Å². The highest BCUT2D eigenvalue weighted by atomic mass is 16.6. The SMILES string of the molecule is O=C1CCc2cc([N+](=O)[O-])ccc2N1CCCCO. The molecule has 0 aliphatic carbocycles. The highest BCUT2D eigenvalue weighted by Crippen LogP contribution is 2.31. The molecule has 0 atom stereocenters. The van der Waals surface area contributed by atoms with E-state index in [-0.39, 0.29) is 18.2 Å². The molecule has 2 rings (SSSR count). The topological polar surface area (TPSA) is 83.7 Å². The van der Waals surface area contributed by atoms with E-state index < -0.39 is 4.92 Å². The monoisotopic (exact) mass is 264 g/mol. The molecule has 1 amide bonds. The number of nitro benzene ring substituents is 1. The summed E-state index contributed by atoms with van der Waals surface area (Å²) in [5.74, 6) is 0.0410. The van der Waals surface area contributed by atoms with Crippen molar-refractivity contribution in [2.45, 2.75) is 25.7 Å². The number of fused-ring (bicyclic) bond motifs is 1. The van der Waals surface area contributed by atoms with Gasteiger partial charge in [0.25, 0.3) is 5.69 Å². The molecule has 0 radical (unpaired) electrons. The Morgan fingerprint density at radius 1 is 1.32 bits per heavy atom. The van der Waals surface area contributed by atoms with Gasteiger partial charge in [-0.2, -0.15) is 0 Å². The third-order valence-corrected chi connectivity index (χ3v) is 3.26. The Balaban J connectivity index is 2.23. The number of rotatable bonds is 5. The van der Waals surface area contributed by atoms with Crippen molar-refractivity contribution in [1.29, 1.82) is 0 Å². The van der Waals surface area contributed by atoms with E-state index in [1.165, 1.54) is 6.07 Å². The summed E-state index contributed by atoms with van der Waals surface area (Å²) in [6.07, 6.45) is 2.30. The lowest BCUT2D eigenvalue weighted by molar-refractivity contribution is -0.384. The minimum Gasteiger partial charge on any atom is -0.396 e. The molecule has 1 aromatic rings. The average Bonchev–Trinajstić information content (AvgIpc) is 2.40. The van der Waals surface area contributed by atoms with Crippen LogP contribution in [0.5, 0.6) is 0 Å². The number of hydrogen-bond acceptors (Lipinski definition) is 4. The number of benzene rings is 1. The third-order valence-electron chi connectivity index (χ3n) is 3.26. The summed E-state index contributed by atoms with van der Waals surface area (Å²) < 4.78 is 0. The third kappa shape index (κ3) is 2.90. The molecule has 1 heterocycles. The lowest BCUT2D eigenvalue weighted by Crippen LogP contribution is -2.36. The number of aryl methyl sites for hydroxylation is 1. The van der Waals surface area contributed by atoms with Gasteiger partial charge in [0.05, 0.1) is 4.92 Å². The summed E-state index contributed by atoms with van der Waals surface area (Å²) in [4.78, 5) is 23.9. The zero-order chi connectivity index (χ0) is 13.8. The number of unbranched alkanes of at least 4 members (excludes halogenated alkanes) is 1. The van der Waals surface area contributed by atoms with Gasteiger partial charge >= 0.3 is 0 Å². The largest absolute Gasteiger partial charge is 0.396 e. The summed E-state index contributed by atoms with van der Waals surface area (Å²) in [6.45, 7) is 0.652. The number of aliphatic hydroxyl groups excluding tert-OH is 1. The van der Waals surface area contributed by atoms with Crippen LogP contribution in [0.25, 0.3) is 0 Å². The van der Waals surface area contributed by atoms with Crippen LogP contribution in [0.1, 0.15) is 24.8 Å². The van der Waals surface area contributed by atoms with Crippen LogP contribution in [0.4, 0.5) is 11.4 Å². The Labute approximate surface area is 110 Å². The van der Waals surface area contributed by atoms with Crippen LogP contribution < -0.4 is 4.90 Å². The van der Waals surface area contributed by atoms with E-state index in [2.05, 4.69) is 0 Å². The van der Waals surface area contributed by atoms with Gasteiger partial charge in [-0.15, -0.1) is 0 Å². The molecule has 0 fully saturated rings. The molecule has 19 heavy (non-hydrogen) atoms. The zero-order valence-corrected chi connectivity index (χ0v) is 10.5. The van der Waals surface area contributed by atoms with Crippen LogP contribution in [0.2, 0.25) is 0 Å². The molecule has 0 saturated carbocycles. The number of carbonyl (C=O) groups excluding carboxylic acids is 1. The normalized spacial score (nSPS) is 14.4. The van der Waals surface area contributed by atoms with Crippen molar-refractivity contribution in [3.63, 3.8) is 0 Å². The van der Waals surface area contributed by atoms with Crippen LogP contribution in [0.15, 0.2) is 18.2 Å². The Kier molecular flexibility index (Phi) is 4.11. The van der Waals surface area contributed by atoms with Crippen LogP contribution >= 0.6 is 0 Å². The molecular formula is C13H16N2O4. The van der Waals surface area contributed by atoms with Gasteiger partial charge in [0.15, 0.2) is 0 Å². The van der Waals surface area contributed by atoms with Crippen molar-refractivity contribution in [1.82, 2.24) is 0 Å². The Hall–Kier alpha value is -1.95. The quantitative estimate of drug-likeness (QED) is 0.498. The summed E-state index contributed by atoms with van der Waals surface area (Å²) in [5, 5.41) is 19.5. The number of amides is 1. The summed E-state index contributed by atoms with van der Waals surface area (Å²) in [7, 11) is 0. The first-order valence-electron chi connectivity index (χ1n) is 6.32. The molecule has 102 valence electrons. The molecule has 1 N–H and O–H groups in total. The predicted octanol–water partition coefficient (Wildman–Crippen LogP) is 1.65. The minimum atomic E-state index is -0.424. The molecular weight excluding hydrogens is 248 g/mol. The average molecular weight is 264 g/mol. The Morgan fingerprint density at radius 2 is 2.11 bits per heavy atom. The molecule has 6 heteroatoms. The van der Waals surface area contributed by atoms with E-state index in [4.69, 9.17) is 5.11 Å². The summed E-state index contributed by atoms with van der Waals surface area (Å²) in [5.41, 5.74) is 1.67. The van der Waals surface area contributed by atoms with Crippen molar-refractivity contribution in [2.75, 3.05) is 18.1 Å². The first kappa shape index (κ1) is 13.5. The number of carbonyl (C=O) groups is 1. The fourth-order valence-electron chi connectivity index (χ4n) is 2.29. The first-order chi connectivity index (χ1) is 9.13. The van der Waals surface area contributed by atoms with Crippen molar-refractivity contribution >= 4 is 17.3 Å². The predicted molar refractivity (Wildman–Crippen MR) is 70.1 cm³/mol.